The van der Waals surface area contributed by atoms with Crippen LogP contribution in [0.25, 0.3) is 10.6 Å². The van der Waals surface area contributed by atoms with Crippen molar-refractivity contribution in [3.8, 4) is 10.6 Å². The van der Waals surface area contributed by atoms with E-state index in [9.17, 15) is 0 Å². The molecule has 0 spiro atoms. The van der Waals surface area contributed by atoms with E-state index in [0.717, 1.165) is 5.76 Å². The smallest absolute Gasteiger partial charge is 0.143 e. The van der Waals surface area contributed by atoms with Gasteiger partial charge in [-0.3, -0.25) is 0 Å². The Morgan fingerprint density at radius 1 is 1.27 bits per heavy atom. The van der Waals surface area contributed by atoms with E-state index in [1.54, 1.807) is 17.6 Å². The topological polar surface area (TPSA) is 13.1 Å². The van der Waals surface area contributed by atoms with Crippen molar-refractivity contribution in [2.75, 3.05) is 0 Å². The van der Waals surface area contributed by atoms with Crippen molar-refractivity contribution >= 4 is 11.3 Å². The molecule has 0 aliphatic rings. The van der Waals surface area contributed by atoms with Gasteiger partial charge in [0.2, 0.25) is 0 Å². The Labute approximate surface area is 69.3 Å². The van der Waals surface area contributed by atoms with Crippen LogP contribution in [0.4, 0.5) is 0 Å². The molecule has 0 saturated heterocycles. The maximum atomic E-state index is 5.24. The molecule has 2 aromatic heterocycles. The fourth-order valence-electron chi connectivity index (χ4n) is 0.986. The molecule has 0 fully saturated rings. The Hall–Kier alpha value is -1.02. The maximum Gasteiger partial charge on any atom is 0.143 e. The average Bonchev–Trinajstić information content (AvgIpc) is 2.55. The second-order valence-electron chi connectivity index (χ2n) is 2.39. The second kappa shape index (κ2) is 2.55. The maximum absolute atomic E-state index is 5.24. The van der Waals surface area contributed by atoms with Gasteiger partial charge in [0, 0.05) is 4.88 Å². The largest absolute Gasteiger partial charge is 0.464 e. The Bertz CT molecular complexity index is 332. The highest BCUT2D eigenvalue weighted by Crippen LogP contribution is 2.27. The fraction of sp³-hybridized carbons (Fsp3) is 0.111. The highest BCUT2D eigenvalue weighted by molar-refractivity contribution is 7.15. The summed E-state index contributed by atoms with van der Waals surface area (Å²) in [5.41, 5.74) is 0. The summed E-state index contributed by atoms with van der Waals surface area (Å²) in [4.78, 5) is 2.52. The molecule has 0 atom stereocenters. The number of hydrogen-bond donors (Lipinski definition) is 0. The zero-order valence-electron chi connectivity index (χ0n) is 6.20. The molecule has 1 nitrogen and oxygen atoms in total. The van der Waals surface area contributed by atoms with Gasteiger partial charge < -0.3 is 4.42 Å². The van der Waals surface area contributed by atoms with Gasteiger partial charge in [-0.2, -0.15) is 0 Å². The molecule has 0 radical (unpaired) electrons. The number of hydrogen-bond acceptors (Lipinski definition) is 2. The van der Waals surface area contributed by atoms with Crippen LogP contribution in [0.3, 0.4) is 0 Å². The van der Waals surface area contributed by atoms with Crippen LogP contribution in [0.5, 0.6) is 0 Å². The molecule has 0 aromatic carbocycles. The summed E-state index contributed by atoms with van der Waals surface area (Å²) in [6.07, 6.45) is 1.70. The number of furan rings is 1. The zero-order valence-corrected chi connectivity index (χ0v) is 7.02. The summed E-state index contributed by atoms with van der Waals surface area (Å²) in [5, 5.41) is 0. The summed E-state index contributed by atoms with van der Waals surface area (Å²) >= 11 is 1.75. The first kappa shape index (κ1) is 6.68. The summed E-state index contributed by atoms with van der Waals surface area (Å²) < 4.78 is 5.24. The van der Waals surface area contributed by atoms with Crippen molar-refractivity contribution in [3.63, 3.8) is 0 Å². The Kier molecular flexibility index (Phi) is 1.55. The van der Waals surface area contributed by atoms with Gasteiger partial charge >= 0.3 is 0 Å². The lowest BCUT2D eigenvalue weighted by molar-refractivity contribution is 0.584. The molecule has 0 amide bonds. The molecule has 0 unspecified atom stereocenters. The van der Waals surface area contributed by atoms with Gasteiger partial charge in [-0.05, 0) is 31.2 Å². The minimum atomic E-state index is 0.961. The van der Waals surface area contributed by atoms with Crippen LogP contribution in [0.15, 0.2) is 34.9 Å². The number of thiophene rings is 1. The van der Waals surface area contributed by atoms with E-state index in [2.05, 4.69) is 19.1 Å². The average molecular weight is 164 g/mol. The Morgan fingerprint density at radius 3 is 2.73 bits per heavy atom. The lowest BCUT2D eigenvalue weighted by atomic mass is 10.3. The molecule has 2 heteroatoms. The second-order valence-corrected chi connectivity index (χ2v) is 3.68. The van der Waals surface area contributed by atoms with Gasteiger partial charge in [-0.25, -0.2) is 0 Å². The molecule has 2 rings (SSSR count). The van der Waals surface area contributed by atoms with Crippen LogP contribution in [0, 0.1) is 6.92 Å². The van der Waals surface area contributed by atoms with Crippen molar-refractivity contribution in [1.82, 2.24) is 0 Å². The molecule has 0 bridgehead atoms. The van der Waals surface area contributed by atoms with Crippen LogP contribution in [0.2, 0.25) is 0 Å². The SMILES string of the molecule is Cc1ccc(-c2ccco2)s1. The summed E-state index contributed by atoms with van der Waals surface area (Å²) in [7, 11) is 0. The number of aryl methyl sites for hydroxylation is 1. The Morgan fingerprint density at radius 2 is 2.18 bits per heavy atom. The van der Waals surface area contributed by atoms with Crippen LogP contribution >= 0.6 is 11.3 Å². The zero-order chi connectivity index (χ0) is 7.68. The third-order valence-electron chi connectivity index (χ3n) is 1.50. The molecule has 0 saturated carbocycles. The monoisotopic (exact) mass is 164 g/mol. The van der Waals surface area contributed by atoms with Crippen molar-refractivity contribution in [2.45, 2.75) is 6.92 Å². The third kappa shape index (κ3) is 1.21. The van der Waals surface area contributed by atoms with Gasteiger partial charge in [-0.1, -0.05) is 0 Å². The van der Waals surface area contributed by atoms with Gasteiger partial charge in [0.25, 0.3) is 0 Å². The minimum Gasteiger partial charge on any atom is -0.464 e. The molecule has 0 N–H and O–H groups in total. The normalized spacial score (nSPS) is 10.3. The van der Waals surface area contributed by atoms with Crippen LogP contribution in [-0.2, 0) is 0 Å². The van der Waals surface area contributed by atoms with Gasteiger partial charge in [0.1, 0.15) is 5.76 Å². The van der Waals surface area contributed by atoms with E-state index >= 15 is 0 Å². The van der Waals surface area contributed by atoms with E-state index < -0.39 is 0 Å². The first-order chi connectivity index (χ1) is 5.36. The summed E-state index contributed by atoms with van der Waals surface area (Å²) in [5.74, 6) is 0.961. The van der Waals surface area contributed by atoms with Crippen molar-refractivity contribution in [1.29, 1.82) is 0 Å². The molecule has 11 heavy (non-hydrogen) atoms. The highest BCUT2D eigenvalue weighted by Gasteiger charge is 2.01. The van der Waals surface area contributed by atoms with E-state index in [-0.39, 0.29) is 0 Å². The van der Waals surface area contributed by atoms with Crippen molar-refractivity contribution in [3.05, 3.63) is 35.4 Å². The van der Waals surface area contributed by atoms with Crippen molar-refractivity contribution in [2.24, 2.45) is 0 Å². The predicted molar refractivity (Wildman–Crippen MR) is 46.8 cm³/mol. The first-order valence-electron chi connectivity index (χ1n) is 3.46. The van der Waals surface area contributed by atoms with Crippen molar-refractivity contribution < 1.29 is 4.42 Å². The van der Waals surface area contributed by atoms with E-state index in [1.165, 1.54) is 9.75 Å². The minimum absolute atomic E-state index is 0.961. The molecule has 2 heterocycles. The first-order valence-corrected chi connectivity index (χ1v) is 4.28. The lowest BCUT2D eigenvalue weighted by Gasteiger charge is -1.85. The van der Waals surface area contributed by atoms with Gasteiger partial charge in [-0.15, -0.1) is 11.3 Å². The predicted octanol–water partition coefficient (Wildman–Crippen LogP) is 3.32. The molecule has 0 aliphatic heterocycles. The van der Waals surface area contributed by atoms with Gasteiger partial charge in [0.05, 0.1) is 11.1 Å². The standard InChI is InChI=1S/C9H8OS/c1-7-4-5-9(11-7)8-3-2-6-10-8/h2-6H,1H3. The number of rotatable bonds is 1. The van der Waals surface area contributed by atoms with Crippen LogP contribution < -0.4 is 0 Å². The van der Waals surface area contributed by atoms with E-state index in [1.807, 2.05) is 12.1 Å². The molecule has 2 aromatic rings. The lowest BCUT2D eigenvalue weighted by Crippen LogP contribution is -1.58. The quantitative estimate of drug-likeness (QED) is 0.630. The van der Waals surface area contributed by atoms with E-state index in [4.69, 9.17) is 4.42 Å². The summed E-state index contributed by atoms with van der Waals surface area (Å²) in [6, 6.07) is 8.07. The third-order valence-corrected chi connectivity index (χ3v) is 2.52. The molecular weight excluding hydrogens is 156 g/mol. The van der Waals surface area contributed by atoms with Gasteiger partial charge in [0.15, 0.2) is 0 Å². The summed E-state index contributed by atoms with van der Waals surface area (Å²) in [6.45, 7) is 2.09. The Balaban J connectivity index is 2.45. The van der Waals surface area contributed by atoms with E-state index in [0.29, 0.717) is 0 Å². The molecular formula is C9H8OS. The molecule has 0 aliphatic carbocycles. The highest BCUT2D eigenvalue weighted by atomic mass is 32.1. The molecule has 56 valence electrons. The van der Waals surface area contributed by atoms with Crippen LogP contribution in [-0.4, -0.2) is 0 Å². The van der Waals surface area contributed by atoms with Crippen LogP contribution in [0.1, 0.15) is 4.88 Å². The fourth-order valence-corrected chi connectivity index (χ4v) is 1.82.